The highest BCUT2D eigenvalue weighted by Gasteiger charge is 2.20. The van der Waals surface area contributed by atoms with Gasteiger partial charge in [0.25, 0.3) is 0 Å². The highest BCUT2D eigenvalue weighted by Crippen LogP contribution is 2.25. The molecular formula is C17H17NO5S2. The Morgan fingerprint density at radius 1 is 1.16 bits per heavy atom. The molecular weight excluding hydrogens is 362 g/mol. The average molecular weight is 379 g/mol. The van der Waals surface area contributed by atoms with E-state index >= 15 is 0 Å². The van der Waals surface area contributed by atoms with Crippen LogP contribution in [0.15, 0.2) is 41.8 Å². The summed E-state index contributed by atoms with van der Waals surface area (Å²) in [5.74, 6) is -0.335. The number of carbonyl (C=O) groups excluding carboxylic acids is 3. The number of hydrogen-bond donors (Lipinski definition) is 1. The molecule has 0 spiro atoms. The van der Waals surface area contributed by atoms with Crippen LogP contribution in [0, 0.1) is 0 Å². The van der Waals surface area contributed by atoms with E-state index in [1.807, 2.05) is 0 Å². The van der Waals surface area contributed by atoms with E-state index in [-0.39, 0.29) is 17.4 Å². The van der Waals surface area contributed by atoms with E-state index in [0.717, 1.165) is 11.8 Å². The lowest BCUT2D eigenvalue weighted by Crippen LogP contribution is -2.36. The molecule has 0 aliphatic carbocycles. The zero-order valence-corrected chi connectivity index (χ0v) is 15.3. The highest BCUT2D eigenvalue weighted by atomic mass is 32.2. The first kappa shape index (κ1) is 19.0. The number of para-hydroxylation sites is 2. The molecule has 0 saturated heterocycles. The summed E-state index contributed by atoms with van der Waals surface area (Å²) in [5.41, 5.74) is 0. The zero-order chi connectivity index (χ0) is 18.2. The molecule has 25 heavy (non-hydrogen) atoms. The molecule has 132 valence electrons. The zero-order valence-electron chi connectivity index (χ0n) is 13.7. The van der Waals surface area contributed by atoms with E-state index in [1.165, 1.54) is 18.4 Å². The molecule has 0 saturated carbocycles. The van der Waals surface area contributed by atoms with Crippen molar-refractivity contribution in [3.05, 3.63) is 46.7 Å². The molecule has 2 rings (SSSR count). The van der Waals surface area contributed by atoms with Gasteiger partial charge in [-0.05, 0) is 30.5 Å². The maximum Gasteiger partial charge on any atom is 0.330 e. The van der Waals surface area contributed by atoms with Crippen molar-refractivity contribution in [2.45, 2.75) is 12.2 Å². The first-order chi connectivity index (χ1) is 12.0. The maximum atomic E-state index is 12.0. The Balaban J connectivity index is 1.80. The van der Waals surface area contributed by atoms with Gasteiger partial charge in [0, 0.05) is 0 Å². The van der Waals surface area contributed by atoms with Gasteiger partial charge in [-0.3, -0.25) is 9.59 Å². The molecule has 1 atom stereocenters. The van der Waals surface area contributed by atoms with Crippen molar-refractivity contribution in [2.24, 2.45) is 0 Å². The van der Waals surface area contributed by atoms with Gasteiger partial charge in [0.2, 0.25) is 11.0 Å². The Kier molecular flexibility index (Phi) is 7.03. The Morgan fingerprint density at radius 3 is 2.52 bits per heavy atom. The number of ether oxygens (including phenoxy) is 2. The minimum atomic E-state index is -0.625. The fourth-order valence-corrected chi connectivity index (χ4v) is 3.37. The molecule has 0 radical (unpaired) electrons. The molecule has 0 aliphatic heterocycles. The minimum absolute atomic E-state index is 0.172. The van der Waals surface area contributed by atoms with Gasteiger partial charge in [-0.2, -0.15) is 0 Å². The lowest BCUT2D eigenvalue weighted by atomic mass is 10.3. The summed E-state index contributed by atoms with van der Waals surface area (Å²) in [6.07, 6.45) is 0. The maximum absolute atomic E-state index is 12.0. The van der Waals surface area contributed by atoms with Gasteiger partial charge in [-0.1, -0.05) is 30.0 Å². The van der Waals surface area contributed by atoms with Crippen LogP contribution in [0.4, 0.5) is 0 Å². The van der Waals surface area contributed by atoms with Crippen molar-refractivity contribution in [1.82, 2.24) is 5.32 Å². The van der Waals surface area contributed by atoms with Gasteiger partial charge < -0.3 is 14.8 Å². The summed E-state index contributed by atoms with van der Waals surface area (Å²) in [5, 5.41) is 3.48. The van der Waals surface area contributed by atoms with Crippen LogP contribution in [0.5, 0.6) is 11.5 Å². The topological polar surface area (TPSA) is 81.7 Å². The second-order valence-electron chi connectivity index (χ2n) is 4.87. The molecule has 0 bridgehead atoms. The SMILES string of the molecule is COc1ccccc1OC(=O)CNC(=O)C(C)SC(=O)c1cccs1. The van der Waals surface area contributed by atoms with E-state index in [9.17, 15) is 14.4 Å². The fourth-order valence-electron chi connectivity index (χ4n) is 1.83. The van der Waals surface area contributed by atoms with Gasteiger partial charge >= 0.3 is 5.97 Å². The average Bonchev–Trinajstić information content (AvgIpc) is 3.14. The number of rotatable bonds is 7. The summed E-state index contributed by atoms with van der Waals surface area (Å²) in [7, 11) is 1.47. The second-order valence-corrected chi connectivity index (χ2v) is 7.13. The van der Waals surface area contributed by atoms with Crippen LogP contribution >= 0.6 is 23.1 Å². The standard InChI is InChI=1S/C17H17NO5S2/c1-11(25-17(21)14-8-5-9-24-14)16(20)18-10-15(19)23-13-7-4-3-6-12(13)22-2/h3-9,11H,10H2,1-2H3,(H,18,20). The van der Waals surface area contributed by atoms with Crippen LogP contribution < -0.4 is 14.8 Å². The molecule has 1 aromatic carbocycles. The van der Waals surface area contributed by atoms with E-state index in [1.54, 1.807) is 48.7 Å². The summed E-state index contributed by atoms with van der Waals surface area (Å²) in [6, 6.07) is 10.2. The predicted molar refractivity (Wildman–Crippen MR) is 97.3 cm³/mol. The molecule has 8 heteroatoms. The molecule has 1 unspecified atom stereocenters. The largest absolute Gasteiger partial charge is 0.493 e. The Labute approximate surface area is 153 Å². The van der Waals surface area contributed by atoms with Crippen LogP contribution in [0.2, 0.25) is 0 Å². The summed E-state index contributed by atoms with van der Waals surface area (Å²) >= 11 is 2.23. The number of thioether (sulfide) groups is 1. The van der Waals surface area contributed by atoms with Gasteiger partial charge in [0.15, 0.2) is 11.5 Å². The summed E-state index contributed by atoms with van der Waals surface area (Å²) in [6.45, 7) is 1.31. The molecule has 1 heterocycles. The third-order valence-electron chi connectivity index (χ3n) is 3.08. The number of amides is 1. The molecule has 0 fully saturated rings. The fraction of sp³-hybridized carbons (Fsp3) is 0.235. The normalized spacial score (nSPS) is 11.4. The van der Waals surface area contributed by atoms with E-state index in [2.05, 4.69) is 5.32 Å². The van der Waals surface area contributed by atoms with Crippen LogP contribution in [-0.2, 0) is 9.59 Å². The number of methoxy groups -OCH3 is 1. The van der Waals surface area contributed by atoms with Crippen LogP contribution in [0.25, 0.3) is 0 Å². The van der Waals surface area contributed by atoms with Gasteiger partial charge in [-0.25, -0.2) is 4.79 Å². The van der Waals surface area contributed by atoms with E-state index in [4.69, 9.17) is 9.47 Å². The van der Waals surface area contributed by atoms with Crippen molar-refractivity contribution in [3.8, 4) is 11.5 Å². The molecule has 1 N–H and O–H groups in total. The monoisotopic (exact) mass is 379 g/mol. The lowest BCUT2D eigenvalue weighted by molar-refractivity contribution is -0.135. The molecule has 0 aliphatic rings. The first-order valence-electron chi connectivity index (χ1n) is 7.37. The molecule has 6 nitrogen and oxygen atoms in total. The molecule has 2 aromatic rings. The van der Waals surface area contributed by atoms with Crippen molar-refractivity contribution in [2.75, 3.05) is 13.7 Å². The quantitative estimate of drug-likeness (QED) is 0.588. The third kappa shape index (κ3) is 5.61. The van der Waals surface area contributed by atoms with Crippen molar-refractivity contribution in [1.29, 1.82) is 0 Å². The van der Waals surface area contributed by atoms with E-state index in [0.29, 0.717) is 10.6 Å². The Bertz CT molecular complexity index is 745. The van der Waals surface area contributed by atoms with Gasteiger partial charge in [-0.15, -0.1) is 11.3 Å². The number of benzene rings is 1. The van der Waals surface area contributed by atoms with Crippen molar-refractivity contribution < 1.29 is 23.9 Å². The number of carbonyl (C=O) groups is 3. The Hall–Kier alpha value is -2.32. The third-order valence-corrected chi connectivity index (χ3v) is 5.07. The van der Waals surface area contributed by atoms with Gasteiger partial charge in [0.05, 0.1) is 17.2 Å². The Morgan fingerprint density at radius 2 is 1.88 bits per heavy atom. The second kappa shape index (κ2) is 9.24. The number of thiophene rings is 1. The number of hydrogen-bond acceptors (Lipinski definition) is 7. The summed E-state index contributed by atoms with van der Waals surface area (Å²) in [4.78, 5) is 36.4. The molecule has 1 aromatic heterocycles. The minimum Gasteiger partial charge on any atom is -0.493 e. The molecule has 1 amide bonds. The number of nitrogens with one attached hydrogen (secondary N) is 1. The smallest absolute Gasteiger partial charge is 0.330 e. The van der Waals surface area contributed by atoms with Crippen LogP contribution in [0.3, 0.4) is 0 Å². The van der Waals surface area contributed by atoms with Crippen LogP contribution in [0.1, 0.15) is 16.6 Å². The predicted octanol–water partition coefficient (Wildman–Crippen LogP) is 2.74. The van der Waals surface area contributed by atoms with Crippen molar-refractivity contribution in [3.63, 3.8) is 0 Å². The van der Waals surface area contributed by atoms with E-state index < -0.39 is 17.1 Å². The van der Waals surface area contributed by atoms with Crippen LogP contribution in [-0.4, -0.2) is 35.9 Å². The summed E-state index contributed by atoms with van der Waals surface area (Å²) < 4.78 is 10.2. The first-order valence-corrected chi connectivity index (χ1v) is 9.13. The van der Waals surface area contributed by atoms with Crippen molar-refractivity contribution >= 4 is 40.1 Å². The highest BCUT2D eigenvalue weighted by molar-refractivity contribution is 8.15. The lowest BCUT2D eigenvalue weighted by Gasteiger charge is -2.11. The van der Waals surface area contributed by atoms with Gasteiger partial charge in [0.1, 0.15) is 6.54 Å². The number of esters is 1.